The Labute approximate surface area is 56.2 Å². The van der Waals surface area contributed by atoms with Gasteiger partial charge in [-0.2, -0.15) is 0 Å². The van der Waals surface area contributed by atoms with E-state index in [1.165, 1.54) is 5.37 Å². The third-order valence-corrected chi connectivity index (χ3v) is 1.57. The van der Waals surface area contributed by atoms with Crippen LogP contribution in [0.1, 0.15) is 20.8 Å². The van der Waals surface area contributed by atoms with Crippen molar-refractivity contribution in [1.29, 1.82) is 0 Å². The van der Waals surface area contributed by atoms with E-state index in [1.807, 2.05) is 20.8 Å². The van der Waals surface area contributed by atoms with E-state index < -0.39 is 9.99 Å². The largest absolute Gasteiger partial charge is 0.303 e. The fourth-order valence-electron chi connectivity index (χ4n) is 0.507. The molecular weight excluding hydrogens is 138 g/mol. The molecule has 0 saturated carbocycles. The Kier molecular flexibility index (Phi) is 2.27. The molecular formula is C5H13NO2S. The Morgan fingerprint density at radius 3 is 1.89 bits per heavy atom. The normalized spacial score (nSPS) is 18.8. The molecule has 1 atom stereocenters. The van der Waals surface area contributed by atoms with Gasteiger partial charge in [-0.15, -0.1) is 0 Å². The van der Waals surface area contributed by atoms with Gasteiger partial charge in [0, 0.05) is 5.37 Å². The summed E-state index contributed by atoms with van der Waals surface area (Å²) in [6.45, 7) is 5.45. The highest BCUT2D eigenvalue weighted by Crippen LogP contribution is 2.08. The van der Waals surface area contributed by atoms with Crippen LogP contribution in [0.15, 0.2) is 0 Å². The van der Waals surface area contributed by atoms with Crippen molar-refractivity contribution in [2.75, 3.05) is 0 Å². The zero-order valence-corrected chi connectivity index (χ0v) is 6.73. The fraction of sp³-hybridized carbons (Fsp3) is 0.800. The zero-order chi connectivity index (χ0) is 7.71. The summed E-state index contributed by atoms with van der Waals surface area (Å²) >= 11 is 0. The van der Waals surface area contributed by atoms with Gasteiger partial charge in [-0.3, -0.25) is 0 Å². The van der Waals surface area contributed by atoms with Crippen molar-refractivity contribution in [3.63, 3.8) is 0 Å². The molecule has 0 heterocycles. The average molecular weight is 151 g/mol. The summed E-state index contributed by atoms with van der Waals surface area (Å²) in [6, 6.07) is 0. The number of hydrogen-bond donors (Lipinski definition) is 2. The molecule has 1 unspecified atom stereocenters. The van der Waals surface area contributed by atoms with Gasteiger partial charge in [-0.1, -0.05) is 20.8 Å². The molecule has 56 valence electrons. The van der Waals surface area contributed by atoms with Crippen molar-refractivity contribution in [2.45, 2.75) is 20.8 Å². The molecule has 0 saturated heterocycles. The van der Waals surface area contributed by atoms with Crippen LogP contribution in [0.3, 0.4) is 0 Å². The second-order valence-corrected chi connectivity index (χ2v) is 4.56. The Morgan fingerprint density at radius 1 is 1.56 bits per heavy atom. The minimum Gasteiger partial charge on any atom is -0.303 e. The van der Waals surface area contributed by atoms with Crippen LogP contribution >= 0.6 is 0 Å². The average Bonchev–Trinajstić information content (AvgIpc) is 1.14. The van der Waals surface area contributed by atoms with E-state index in [4.69, 9.17) is 9.69 Å². The highest BCUT2D eigenvalue weighted by molar-refractivity contribution is 7.94. The molecule has 4 heteroatoms. The molecule has 0 aliphatic heterocycles. The Morgan fingerprint density at radius 2 is 1.89 bits per heavy atom. The van der Waals surface area contributed by atoms with Gasteiger partial charge >= 0.3 is 0 Å². The van der Waals surface area contributed by atoms with Crippen molar-refractivity contribution >= 4 is 15.4 Å². The van der Waals surface area contributed by atoms with E-state index in [1.54, 1.807) is 0 Å². The molecule has 0 amide bonds. The summed E-state index contributed by atoms with van der Waals surface area (Å²) in [5.74, 6) is 0. The van der Waals surface area contributed by atoms with Crippen LogP contribution in [0.2, 0.25) is 0 Å². The lowest BCUT2D eigenvalue weighted by Gasteiger charge is -2.11. The van der Waals surface area contributed by atoms with Crippen molar-refractivity contribution in [2.24, 2.45) is 10.6 Å². The molecule has 0 aliphatic rings. The van der Waals surface area contributed by atoms with Crippen molar-refractivity contribution < 1.29 is 8.76 Å². The quantitative estimate of drug-likeness (QED) is 0.494. The smallest absolute Gasteiger partial charge is 0.139 e. The number of rotatable bonds is 0. The fourth-order valence-corrected chi connectivity index (χ4v) is 1.52. The van der Waals surface area contributed by atoms with Gasteiger partial charge in [0.15, 0.2) is 0 Å². The molecule has 0 aliphatic carbocycles. The summed E-state index contributed by atoms with van der Waals surface area (Å²) < 4.78 is 19.1. The summed E-state index contributed by atoms with van der Waals surface area (Å²) in [5, 5.41) is 6.09. The lowest BCUT2D eigenvalue weighted by atomic mass is 10.0. The van der Waals surface area contributed by atoms with Gasteiger partial charge in [0.2, 0.25) is 0 Å². The van der Waals surface area contributed by atoms with E-state index in [0.717, 1.165) is 0 Å². The Balaban J connectivity index is 4.53. The van der Waals surface area contributed by atoms with Gasteiger partial charge in [-0.05, 0) is 5.41 Å². The second-order valence-electron chi connectivity index (χ2n) is 3.10. The summed E-state index contributed by atoms with van der Waals surface area (Å²) in [7, 11) is -3.16. The van der Waals surface area contributed by atoms with Gasteiger partial charge in [0.1, 0.15) is 9.99 Å². The maximum absolute atomic E-state index is 10.5. The van der Waals surface area contributed by atoms with Crippen LogP contribution in [0, 0.1) is 5.41 Å². The van der Waals surface area contributed by atoms with E-state index in [9.17, 15) is 4.21 Å². The van der Waals surface area contributed by atoms with Crippen molar-refractivity contribution in [1.82, 2.24) is 0 Å². The van der Waals surface area contributed by atoms with E-state index >= 15 is 0 Å². The van der Waals surface area contributed by atoms with Crippen LogP contribution in [0.4, 0.5) is 0 Å². The van der Waals surface area contributed by atoms with Crippen LogP contribution in [-0.2, 0) is 9.99 Å². The molecule has 0 bridgehead atoms. The van der Waals surface area contributed by atoms with Gasteiger partial charge in [0.25, 0.3) is 0 Å². The van der Waals surface area contributed by atoms with E-state index in [0.29, 0.717) is 0 Å². The molecule has 0 spiro atoms. The van der Waals surface area contributed by atoms with Crippen LogP contribution in [-0.4, -0.2) is 14.1 Å². The maximum Gasteiger partial charge on any atom is 0.139 e. The van der Waals surface area contributed by atoms with Crippen LogP contribution < -0.4 is 5.14 Å². The van der Waals surface area contributed by atoms with Crippen LogP contribution in [0.5, 0.6) is 0 Å². The predicted octanol–water partition coefficient (Wildman–Crippen LogP) is 0.466. The molecule has 0 fully saturated rings. The molecule has 0 aromatic carbocycles. The van der Waals surface area contributed by atoms with Crippen LogP contribution in [0.25, 0.3) is 0 Å². The standard InChI is InChI=1S/C5H13NO2S/c1-5(2,3)4-9(6,7)8/h4H,1-3H3,(H3,6,7,8). The number of hydrogen-bond acceptors (Lipinski definition) is 1. The lowest BCUT2D eigenvalue weighted by Crippen LogP contribution is -2.21. The number of nitrogens with two attached hydrogens (primary N) is 1. The third kappa shape index (κ3) is 7.94. The summed E-state index contributed by atoms with van der Waals surface area (Å²) in [6.07, 6.45) is 0. The van der Waals surface area contributed by atoms with Crippen molar-refractivity contribution in [3.05, 3.63) is 0 Å². The predicted molar refractivity (Wildman–Crippen MR) is 40.5 cm³/mol. The molecule has 0 aromatic heterocycles. The zero-order valence-electron chi connectivity index (χ0n) is 5.92. The molecule has 3 nitrogen and oxygen atoms in total. The highest BCUT2D eigenvalue weighted by Gasteiger charge is 2.08. The topological polar surface area (TPSA) is 63.3 Å². The van der Waals surface area contributed by atoms with Gasteiger partial charge < -0.3 is 4.55 Å². The van der Waals surface area contributed by atoms with E-state index in [2.05, 4.69) is 0 Å². The van der Waals surface area contributed by atoms with E-state index in [-0.39, 0.29) is 5.41 Å². The highest BCUT2D eigenvalue weighted by atomic mass is 32.2. The first kappa shape index (κ1) is 8.94. The molecule has 0 aromatic rings. The molecule has 0 rings (SSSR count). The van der Waals surface area contributed by atoms with Gasteiger partial charge in [0.05, 0.1) is 0 Å². The maximum atomic E-state index is 10.5. The SMILES string of the molecule is CC(C)(C)C=S(N)(=O)O. The van der Waals surface area contributed by atoms with Crippen molar-refractivity contribution in [3.8, 4) is 0 Å². The second kappa shape index (κ2) is 2.28. The third-order valence-electron chi connectivity index (χ3n) is 0.522. The summed E-state index contributed by atoms with van der Waals surface area (Å²) in [5.41, 5.74) is -0.291. The first-order chi connectivity index (χ1) is 3.71. The molecule has 9 heavy (non-hydrogen) atoms. The Bertz CT molecular complexity index is 187. The monoisotopic (exact) mass is 151 g/mol. The minimum atomic E-state index is -3.16. The minimum absolute atomic E-state index is 0.291. The van der Waals surface area contributed by atoms with Gasteiger partial charge in [-0.25, -0.2) is 9.35 Å². The molecule has 3 N–H and O–H groups in total. The first-order valence-electron chi connectivity index (χ1n) is 2.61. The first-order valence-corrected chi connectivity index (χ1v) is 4.25. The lowest BCUT2D eigenvalue weighted by molar-refractivity contribution is 0.554. The Hall–Kier alpha value is -0.0600. The molecule has 0 radical (unpaired) electrons. The summed E-state index contributed by atoms with van der Waals surface area (Å²) in [4.78, 5) is 0.